The van der Waals surface area contributed by atoms with Crippen LogP contribution in [0.3, 0.4) is 0 Å². The van der Waals surface area contributed by atoms with Crippen LogP contribution in [0.1, 0.15) is 0 Å². The highest BCUT2D eigenvalue weighted by molar-refractivity contribution is 7.86. The summed E-state index contributed by atoms with van der Waals surface area (Å²) in [5, 5.41) is 18.5. The number of nitrogens with zero attached hydrogens (tertiary/aromatic N) is 1. The molecule has 0 atom stereocenters. The highest BCUT2D eigenvalue weighted by Gasteiger charge is 2.18. The first-order chi connectivity index (χ1) is 7.83. The first-order valence-corrected chi connectivity index (χ1v) is 5.40. The van der Waals surface area contributed by atoms with E-state index in [4.69, 9.17) is 5.11 Å². The lowest BCUT2D eigenvalue weighted by Crippen LogP contribution is -2.25. The number of nitro groups is 1. The van der Waals surface area contributed by atoms with Crippen molar-refractivity contribution in [3.05, 3.63) is 34.4 Å². The molecule has 0 radical (unpaired) electrons. The molecule has 0 aromatic heterocycles. The Balaban J connectivity index is 2.92. The van der Waals surface area contributed by atoms with Gasteiger partial charge in [0.1, 0.15) is 0 Å². The van der Waals surface area contributed by atoms with Crippen molar-refractivity contribution in [3.63, 3.8) is 0 Å². The second-order valence-electron chi connectivity index (χ2n) is 2.70. The van der Waals surface area contributed by atoms with Crippen molar-refractivity contribution in [2.75, 3.05) is 0 Å². The van der Waals surface area contributed by atoms with Gasteiger partial charge >= 0.3 is 16.2 Å². The molecule has 1 rings (SSSR count). The molecule has 17 heavy (non-hydrogen) atoms. The van der Waals surface area contributed by atoms with E-state index in [1.807, 2.05) is 0 Å². The van der Waals surface area contributed by atoms with E-state index in [1.54, 1.807) is 0 Å². The Morgan fingerprint density at radius 1 is 1.35 bits per heavy atom. The predicted molar refractivity (Wildman–Crippen MR) is 52.5 cm³/mol. The standard InChI is InChI=1S/C7H6N2O7S/c10-7(11)8-16-17(14,15)6-3-1-5(2-4-6)9(12)13/h1-4,8H,(H,10,11). The number of non-ortho nitro benzene ring substituents is 1. The lowest BCUT2D eigenvalue weighted by molar-refractivity contribution is -0.384. The number of hydroxylamine groups is 1. The van der Waals surface area contributed by atoms with Crippen LogP contribution in [0.15, 0.2) is 29.2 Å². The number of hydrogen-bond acceptors (Lipinski definition) is 6. The Morgan fingerprint density at radius 3 is 2.29 bits per heavy atom. The largest absolute Gasteiger partial charge is 0.464 e. The van der Waals surface area contributed by atoms with Crippen LogP contribution < -0.4 is 5.48 Å². The van der Waals surface area contributed by atoms with Gasteiger partial charge in [0.15, 0.2) is 0 Å². The molecule has 0 bridgehead atoms. The van der Waals surface area contributed by atoms with Crippen molar-refractivity contribution in [2.45, 2.75) is 4.90 Å². The molecule has 1 amide bonds. The highest BCUT2D eigenvalue weighted by atomic mass is 32.2. The van der Waals surface area contributed by atoms with Crippen LogP contribution in [0.5, 0.6) is 0 Å². The predicted octanol–water partition coefficient (Wildman–Crippen LogP) is 0.483. The Morgan fingerprint density at radius 2 is 1.88 bits per heavy atom. The highest BCUT2D eigenvalue weighted by Crippen LogP contribution is 2.16. The van der Waals surface area contributed by atoms with Crippen molar-refractivity contribution in [3.8, 4) is 0 Å². The van der Waals surface area contributed by atoms with Gasteiger partial charge in [0.2, 0.25) is 0 Å². The number of carboxylic acid groups (broad SMARTS) is 1. The van der Waals surface area contributed by atoms with E-state index < -0.39 is 26.0 Å². The SMILES string of the molecule is O=C(O)NOS(=O)(=O)c1ccc([N+](=O)[O-])cc1. The van der Waals surface area contributed by atoms with Gasteiger partial charge in [-0.05, 0) is 12.1 Å². The summed E-state index contributed by atoms with van der Waals surface area (Å²) in [5.74, 6) is 0. The maximum absolute atomic E-state index is 11.3. The summed E-state index contributed by atoms with van der Waals surface area (Å²) in [6.45, 7) is 0. The van der Waals surface area contributed by atoms with E-state index in [0.29, 0.717) is 0 Å². The van der Waals surface area contributed by atoms with Crippen molar-refractivity contribution in [1.82, 2.24) is 5.48 Å². The lowest BCUT2D eigenvalue weighted by atomic mass is 10.3. The summed E-state index contributed by atoms with van der Waals surface area (Å²) in [5.41, 5.74) is 0.920. The van der Waals surface area contributed by atoms with Crippen molar-refractivity contribution in [2.24, 2.45) is 0 Å². The van der Waals surface area contributed by atoms with Crippen LogP contribution in [0.25, 0.3) is 0 Å². The number of rotatable bonds is 4. The molecule has 0 saturated carbocycles. The topological polar surface area (TPSA) is 136 Å². The van der Waals surface area contributed by atoms with Gasteiger partial charge in [-0.1, -0.05) is 0 Å². The molecular formula is C7H6N2O7S. The minimum atomic E-state index is -4.31. The van der Waals surface area contributed by atoms with Crippen LogP contribution in [-0.4, -0.2) is 24.5 Å². The van der Waals surface area contributed by atoms with Gasteiger partial charge < -0.3 is 5.11 Å². The molecule has 1 aromatic rings. The number of nitrogens with one attached hydrogen (secondary N) is 1. The molecule has 0 saturated heterocycles. The second kappa shape index (κ2) is 4.76. The fourth-order valence-electron chi connectivity index (χ4n) is 0.873. The summed E-state index contributed by atoms with van der Waals surface area (Å²) in [6.07, 6.45) is -1.68. The lowest BCUT2D eigenvalue weighted by Gasteiger charge is -2.03. The first kappa shape index (κ1) is 12.9. The summed E-state index contributed by atoms with van der Waals surface area (Å²) >= 11 is 0. The van der Waals surface area contributed by atoms with Gasteiger partial charge in [0.05, 0.1) is 9.82 Å². The van der Waals surface area contributed by atoms with Crippen LogP contribution in [-0.2, 0) is 14.4 Å². The molecular weight excluding hydrogens is 256 g/mol. The number of hydrogen-bond donors (Lipinski definition) is 2. The van der Waals surface area contributed by atoms with E-state index >= 15 is 0 Å². The maximum atomic E-state index is 11.3. The van der Waals surface area contributed by atoms with Gasteiger partial charge in [0.25, 0.3) is 5.69 Å². The molecule has 0 heterocycles. The molecule has 0 unspecified atom stereocenters. The van der Waals surface area contributed by atoms with E-state index in [-0.39, 0.29) is 5.69 Å². The fourth-order valence-corrected chi connectivity index (χ4v) is 1.62. The Hall–Kier alpha value is -2.20. The summed E-state index contributed by atoms with van der Waals surface area (Å²) in [4.78, 5) is 19.2. The molecule has 0 aliphatic carbocycles. The van der Waals surface area contributed by atoms with E-state index in [2.05, 4.69) is 4.28 Å². The Kier molecular flexibility index (Phi) is 3.60. The first-order valence-electron chi connectivity index (χ1n) is 4.00. The molecule has 92 valence electrons. The van der Waals surface area contributed by atoms with Gasteiger partial charge in [-0.25, -0.2) is 4.79 Å². The smallest absolute Gasteiger partial charge is 0.429 e. The summed E-state index contributed by atoms with van der Waals surface area (Å²) in [7, 11) is -4.31. The number of benzene rings is 1. The van der Waals surface area contributed by atoms with Gasteiger partial charge in [-0.3, -0.25) is 10.1 Å². The van der Waals surface area contributed by atoms with E-state index in [1.165, 1.54) is 5.48 Å². The molecule has 9 nitrogen and oxygen atoms in total. The van der Waals surface area contributed by atoms with E-state index in [0.717, 1.165) is 24.3 Å². The van der Waals surface area contributed by atoms with Crippen LogP contribution in [0.4, 0.5) is 10.5 Å². The monoisotopic (exact) mass is 262 g/mol. The molecule has 0 aliphatic heterocycles. The quantitative estimate of drug-likeness (QED) is 0.594. The summed E-state index contributed by atoms with van der Waals surface area (Å²) in [6, 6.07) is 3.77. The zero-order valence-electron chi connectivity index (χ0n) is 8.06. The van der Waals surface area contributed by atoms with Crippen LogP contribution in [0, 0.1) is 10.1 Å². The van der Waals surface area contributed by atoms with Gasteiger partial charge in [-0.15, -0.1) is 4.28 Å². The number of nitro benzene ring substituents is 1. The molecule has 0 spiro atoms. The normalized spacial score (nSPS) is 10.8. The average molecular weight is 262 g/mol. The minimum absolute atomic E-state index is 0.296. The maximum Gasteiger partial charge on any atom is 0.429 e. The fraction of sp³-hybridized carbons (Fsp3) is 0. The average Bonchev–Trinajstić information content (AvgIpc) is 2.27. The molecule has 10 heteroatoms. The van der Waals surface area contributed by atoms with Crippen LogP contribution in [0.2, 0.25) is 0 Å². The Labute approximate surface area is 94.9 Å². The van der Waals surface area contributed by atoms with Crippen molar-refractivity contribution >= 4 is 21.9 Å². The third kappa shape index (κ3) is 3.39. The second-order valence-corrected chi connectivity index (χ2v) is 4.24. The van der Waals surface area contributed by atoms with Gasteiger partial charge in [-0.2, -0.15) is 13.9 Å². The molecule has 0 aliphatic rings. The Bertz CT molecular complexity index is 536. The number of carbonyl (C=O) groups is 1. The van der Waals surface area contributed by atoms with Crippen LogP contribution >= 0.6 is 0 Å². The zero-order chi connectivity index (χ0) is 13.1. The molecule has 1 aromatic carbocycles. The van der Waals surface area contributed by atoms with E-state index in [9.17, 15) is 23.3 Å². The third-order valence-corrected chi connectivity index (χ3v) is 2.73. The zero-order valence-corrected chi connectivity index (χ0v) is 8.88. The van der Waals surface area contributed by atoms with Crippen molar-refractivity contribution in [1.29, 1.82) is 0 Å². The van der Waals surface area contributed by atoms with Gasteiger partial charge in [0, 0.05) is 12.1 Å². The number of amides is 1. The summed E-state index contributed by atoms with van der Waals surface area (Å²) < 4.78 is 26.5. The third-order valence-electron chi connectivity index (χ3n) is 1.57. The van der Waals surface area contributed by atoms with Crippen molar-refractivity contribution < 1.29 is 27.5 Å². The minimum Gasteiger partial charge on any atom is -0.464 e. The molecule has 0 fully saturated rings. The molecule has 2 N–H and O–H groups in total.